The van der Waals surface area contributed by atoms with Crippen molar-refractivity contribution < 1.29 is 14.3 Å². The van der Waals surface area contributed by atoms with Crippen LogP contribution in [-0.2, 0) is 18.4 Å². The summed E-state index contributed by atoms with van der Waals surface area (Å²) in [5.74, 6) is 2.59. The summed E-state index contributed by atoms with van der Waals surface area (Å²) in [4.78, 5) is 15.0. The summed E-state index contributed by atoms with van der Waals surface area (Å²) < 4.78 is 13.7. The molecule has 1 atom stereocenters. The number of aromatic nitrogens is 3. The van der Waals surface area contributed by atoms with Crippen molar-refractivity contribution in [2.45, 2.75) is 36.7 Å². The van der Waals surface area contributed by atoms with Crippen LogP contribution in [0.15, 0.2) is 59.8 Å². The van der Waals surface area contributed by atoms with E-state index in [-0.39, 0.29) is 12.0 Å². The van der Waals surface area contributed by atoms with Gasteiger partial charge < -0.3 is 18.9 Å². The van der Waals surface area contributed by atoms with Gasteiger partial charge in [0.15, 0.2) is 28.6 Å². The molecule has 1 aliphatic heterocycles. The zero-order chi connectivity index (χ0) is 21.2. The monoisotopic (exact) mass is 436 g/mol. The number of amides is 1. The molecular weight excluding hydrogens is 412 g/mol. The quantitative estimate of drug-likeness (QED) is 0.527. The van der Waals surface area contributed by atoms with Crippen LogP contribution in [-0.4, -0.2) is 44.0 Å². The Labute approximate surface area is 185 Å². The van der Waals surface area contributed by atoms with E-state index in [2.05, 4.69) is 22.3 Å². The molecule has 1 aliphatic carbocycles. The van der Waals surface area contributed by atoms with Gasteiger partial charge >= 0.3 is 0 Å². The van der Waals surface area contributed by atoms with Crippen molar-refractivity contribution in [2.24, 2.45) is 7.05 Å². The van der Waals surface area contributed by atoms with Crippen LogP contribution in [0.4, 0.5) is 0 Å². The Morgan fingerprint density at radius 3 is 2.61 bits per heavy atom. The third-order valence-electron chi connectivity index (χ3n) is 5.49. The number of carbonyl (C=O) groups excluding carboxylic acids is 1. The van der Waals surface area contributed by atoms with Gasteiger partial charge in [-0.05, 0) is 30.5 Å². The zero-order valence-corrected chi connectivity index (χ0v) is 18.1. The third-order valence-corrected chi connectivity index (χ3v) is 6.50. The number of thioether (sulfide) groups is 1. The van der Waals surface area contributed by atoms with E-state index in [0.717, 1.165) is 24.2 Å². The van der Waals surface area contributed by atoms with Crippen molar-refractivity contribution >= 4 is 17.7 Å². The maximum atomic E-state index is 13.0. The van der Waals surface area contributed by atoms with Gasteiger partial charge in [-0.25, -0.2) is 0 Å². The summed E-state index contributed by atoms with van der Waals surface area (Å²) >= 11 is 1.41. The van der Waals surface area contributed by atoms with Gasteiger partial charge in [0.1, 0.15) is 6.61 Å². The first-order chi connectivity index (χ1) is 15.2. The van der Waals surface area contributed by atoms with Crippen LogP contribution in [0.1, 0.15) is 30.3 Å². The van der Waals surface area contributed by atoms with Gasteiger partial charge in [-0.15, -0.1) is 10.2 Å². The number of fused-ring (bicyclic) bond motifs is 1. The van der Waals surface area contributed by atoms with Gasteiger partial charge in [0.25, 0.3) is 0 Å². The molecule has 2 heterocycles. The van der Waals surface area contributed by atoms with Gasteiger partial charge in [0.05, 0.1) is 5.75 Å². The molecule has 1 fully saturated rings. The average molecular weight is 437 g/mol. The lowest BCUT2D eigenvalue weighted by atomic mass is 10.2. The van der Waals surface area contributed by atoms with Gasteiger partial charge in [0.2, 0.25) is 5.91 Å². The fourth-order valence-electron chi connectivity index (χ4n) is 3.68. The van der Waals surface area contributed by atoms with E-state index < -0.39 is 0 Å². The molecule has 5 rings (SSSR count). The first-order valence-electron chi connectivity index (χ1n) is 10.4. The SMILES string of the molecule is Cn1c(SCC(=O)N(Cc2ccccc2)C2CC2)nnc1C1COc2ccccc2O1. The number of benzene rings is 2. The minimum atomic E-state index is -0.335. The van der Waals surface area contributed by atoms with E-state index in [9.17, 15) is 4.79 Å². The second kappa shape index (κ2) is 8.63. The molecule has 0 bridgehead atoms. The van der Waals surface area contributed by atoms with Crippen LogP contribution in [0, 0.1) is 0 Å². The lowest BCUT2D eigenvalue weighted by Crippen LogP contribution is -2.34. The highest BCUT2D eigenvalue weighted by molar-refractivity contribution is 7.99. The first kappa shape index (κ1) is 19.9. The predicted molar refractivity (Wildman–Crippen MR) is 117 cm³/mol. The molecule has 0 N–H and O–H groups in total. The number of carbonyl (C=O) groups is 1. The Balaban J connectivity index is 1.23. The number of nitrogens with zero attached hydrogens (tertiary/aromatic N) is 4. The van der Waals surface area contributed by atoms with Crippen molar-refractivity contribution in [1.29, 1.82) is 0 Å². The third kappa shape index (κ3) is 4.39. The minimum absolute atomic E-state index is 0.132. The number of rotatable bonds is 7. The van der Waals surface area contributed by atoms with Crippen LogP contribution < -0.4 is 9.47 Å². The summed E-state index contributed by atoms with van der Waals surface area (Å²) in [6.07, 6.45) is 1.83. The highest BCUT2D eigenvalue weighted by Crippen LogP contribution is 2.36. The summed E-state index contributed by atoms with van der Waals surface area (Å²) in [7, 11) is 1.90. The smallest absolute Gasteiger partial charge is 0.233 e. The Kier molecular flexibility index (Phi) is 5.55. The molecule has 160 valence electrons. The van der Waals surface area contributed by atoms with Crippen molar-refractivity contribution in [3.8, 4) is 11.5 Å². The van der Waals surface area contributed by atoms with Crippen molar-refractivity contribution in [3.05, 3.63) is 66.0 Å². The summed E-state index contributed by atoms with van der Waals surface area (Å²) in [6.45, 7) is 1.03. The average Bonchev–Trinajstić information content (AvgIpc) is 3.58. The fourth-order valence-corrected chi connectivity index (χ4v) is 4.48. The molecule has 8 heteroatoms. The van der Waals surface area contributed by atoms with Crippen LogP contribution in [0.25, 0.3) is 0 Å². The molecule has 7 nitrogen and oxygen atoms in total. The molecule has 3 aromatic rings. The van der Waals surface area contributed by atoms with Gasteiger partial charge in [-0.3, -0.25) is 4.79 Å². The highest BCUT2D eigenvalue weighted by Gasteiger charge is 2.33. The molecule has 0 spiro atoms. The maximum Gasteiger partial charge on any atom is 0.233 e. The van der Waals surface area contributed by atoms with E-state index in [4.69, 9.17) is 9.47 Å². The van der Waals surface area contributed by atoms with E-state index in [1.807, 2.05) is 59.0 Å². The molecular formula is C23H24N4O3S. The molecule has 1 saturated carbocycles. The number of ether oxygens (including phenoxy) is 2. The van der Waals surface area contributed by atoms with Crippen molar-refractivity contribution in [2.75, 3.05) is 12.4 Å². The largest absolute Gasteiger partial charge is 0.485 e. The normalized spacial score (nSPS) is 17.4. The Hall–Kier alpha value is -3.00. The van der Waals surface area contributed by atoms with E-state index in [1.165, 1.54) is 11.8 Å². The fraction of sp³-hybridized carbons (Fsp3) is 0.348. The van der Waals surface area contributed by atoms with Crippen molar-refractivity contribution in [3.63, 3.8) is 0 Å². The Morgan fingerprint density at radius 2 is 1.84 bits per heavy atom. The molecule has 0 radical (unpaired) electrons. The molecule has 1 aromatic heterocycles. The second-order valence-corrected chi connectivity index (χ2v) is 8.73. The van der Waals surface area contributed by atoms with Gasteiger partial charge in [-0.1, -0.05) is 54.2 Å². The highest BCUT2D eigenvalue weighted by atomic mass is 32.2. The lowest BCUT2D eigenvalue weighted by Gasteiger charge is -2.25. The van der Waals surface area contributed by atoms with E-state index in [0.29, 0.717) is 41.7 Å². The molecule has 2 aliphatic rings. The van der Waals surface area contributed by atoms with Gasteiger partial charge in [-0.2, -0.15) is 0 Å². The standard InChI is InChI=1S/C23H24N4O3S/c1-26-22(20-14-29-18-9-5-6-10-19(18)30-20)24-25-23(26)31-15-21(28)27(17-11-12-17)13-16-7-3-2-4-8-16/h2-10,17,20H,11-15H2,1H3. The zero-order valence-electron chi connectivity index (χ0n) is 17.3. The van der Waals surface area contributed by atoms with Crippen LogP contribution in [0.5, 0.6) is 11.5 Å². The van der Waals surface area contributed by atoms with E-state index in [1.54, 1.807) is 0 Å². The Bertz CT molecular complexity index is 1070. The van der Waals surface area contributed by atoms with Crippen LogP contribution in [0.2, 0.25) is 0 Å². The Morgan fingerprint density at radius 1 is 1.10 bits per heavy atom. The predicted octanol–water partition coefficient (Wildman–Crippen LogP) is 3.61. The first-order valence-corrected chi connectivity index (χ1v) is 11.4. The number of hydrogen-bond donors (Lipinski definition) is 0. The van der Waals surface area contributed by atoms with E-state index >= 15 is 0 Å². The summed E-state index contributed by atoms with van der Waals surface area (Å²) in [5, 5.41) is 9.30. The second-order valence-electron chi connectivity index (χ2n) is 7.79. The van der Waals surface area contributed by atoms with Crippen LogP contribution >= 0.6 is 11.8 Å². The molecule has 31 heavy (non-hydrogen) atoms. The number of para-hydroxylation sites is 2. The lowest BCUT2D eigenvalue weighted by molar-refractivity contribution is -0.129. The minimum Gasteiger partial charge on any atom is -0.485 e. The molecule has 2 aromatic carbocycles. The summed E-state index contributed by atoms with van der Waals surface area (Å²) in [6, 6.07) is 18.1. The number of hydrogen-bond acceptors (Lipinski definition) is 6. The summed E-state index contributed by atoms with van der Waals surface area (Å²) in [5.41, 5.74) is 1.16. The molecule has 1 unspecified atom stereocenters. The maximum absolute atomic E-state index is 13.0. The topological polar surface area (TPSA) is 69.5 Å². The molecule has 0 saturated heterocycles. The molecule has 1 amide bonds. The van der Waals surface area contributed by atoms with Crippen molar-refractivity contribution in [1.82, 2.24) is 19.7 Å². The van der Waals surface area contributed by atoms with Gasteiger partial charge in [0, 0.05) is 19.6 Å². The van der Waals surface area contributed by atoms with Crippen LogP contribution in [0.3, 0.4) is 0 Å².